The van der Waals surface area contributed by atoms with Gasteiger partial charge in [-0.05, 0) is 63.1 Å². The minimum absolute atomic E-state index is 0.193. The first kappa shape index (κ1) is 26.0. The van der Waals surface area contributed by atoms with E-state index in [9.17, 15) is 19.2 Å². The van der Waals surface area contributed by atoms with Crippen molar-refractivity contribution >= 4 is 34.5 Å². The lowest BCUT2D eigenvalue weighted by molar-refractivity contribution is 0.0936. The first-order chi connectivity index (χ1) is 17.8. The lowest BCUT2D eigenvalue weighted by Crippen LogP contribution is -2.44. The fourth-order valence-electron chi connectivity index (χ4n) is 4.56. The van der Waals surface area contributed by atoms with Gasteiger partial charge in [0.15, 0.2) is 0 Å². The van der Waals surface area contributed by atoms with E-state index in [2.05, 4.69) is 5.32 Å². The summed E-state index contributed by atoms with van der Waals surface area (Å²) in [6, 6.07) is 10.8. The van der Waals surface area contributed by atoms with E-state index in [1.165, 1.54) is 28.8 Å². The molecular weight excluding hydrogens is 498 g/mol. The van der Waals surface area contributed by atoms with E-state index in [-0.39, 0.29) is 47.1 Å². The van der Waals surface area contributed by atoms with Crippen LogP contribution in [0.15, 0.2) is 46.0 Å². The highest BCUT2D eigenvalue weighted by atomic mass is 35.5. The molecule has 11 heteroatoms. The van der Waals surface area contributed by atoms with Crippen LogP contribution in [0.2, 0.25) is 5.02 Å². The second-order valence-electron chi connectivity index (χ2n) is 8.63. The molecule has 10 nitrogen and oxygen atoms in total. The molecule has 1 saturated heterocycles. The summed E-state index contributed by atoms with van der Waals surface area (Å²) in [4.78, 5) is 52.5. The van der Waals surface area contributed by atoms with E-state index < -0.39 is 11.7 Å². The van der Waals surface area contributed by atoms with E-state index in [1.54, 1.807) is 24.0 Å². The van der Waals surface area contributed by atoms with E-state index in [0.717, 1.165) is 11.0 Å². The molecule has 1 unspecified atom stereocenters. The molecule has 2 heterocycles. The van der Waals surface area contributed by atoms with Crippen molar-refractivity contribution in [2.24, 2.45) is 0 Å². The van der Waals surface area contributed by atoms with Crippen molar-refractivity contribution in [1.82, 2.24) is 19.4 Å². The summed E-state index contributed by atoms with van der Waals surface area (Å²) < 4.78 is 8.25. The average Bonchev–Trinajstić information content (AvgIpc) is 3.37. The highest BCUT2D eigenvalue weighted by molar-refractivity contribution is 6.32. The van der Waals surface area contributed by atoms with Gasteiger partial charge < -0.3 is 15.0 Å². The van der Waals surface area contributed by atoms with Crippen molar-refractivity contribution in [2.75, 3.05) is 13.1 Å². The first-order valence-corrected chi connectivity index (χ1v) is 12.4. The quantitative estimate of drug-likeness (QED) is 0.529. The number of benzene rings is 2. The molecule has 2 amide bonds. The molecule has 192 valence electrons. The molecule has 37 heavy (non-hydrogen) atoms. The highest BCUT2D eigenvalue weighted by Crippen LogP contribution is 2.22. The molecule has 0 saturated carbocycles. The average molecular weight is 524 g/mol. The van der Waals surface area contributed by atoms with Gasteiger partial charge in [-0.1, -0.05) is 11.6 Å². The van der Waals surface area contributed by atoms with Gasteiger partial charge in [0, 0.05) is 31.7 Å². The lowest BCUT2D eigenvalue weighted by atomic mass is 10.1. The number of fused-ring (bicyclic) bond motifs is 1. The van der Waals surface area contributed by atoms with Gasteiger partial charge in [0.2, 0.25) is 0 Å². The van der Waals surface area contributed by atoms with Crippen LogP contribution in [0.4, 0.5) is 4.79 Å². The number of likely N-dealkylation sites (tertiary alicyclic amines) is 1. The Labute approximate surface area is 217 Å². The van der Waals surface area contributed by atoms with Crippen molar-refractivity contribution in [3.8, 4) is 11.8 Å². The minimum Gasteiger partial charge on any atom is -0.410 e. The molecule has 1 fully saturated rings. The van der Waals surface area contributed by atoms with E-state index in [1.807, 2.05) is 13.0 Å². The number of carbonyl (C=O) groups is 2. The van der Waals surface area contributed by atoms with Crippen LogP contribution in [-0.4, -0.2) is 45.2 Å². The molecule has 0 radical (unpaired) electrons. The summed E-state index contributed by atoms with van der Waals surface area (Å²) >= 11 is 6.02. The number of nitrogens with zero attached hydrogens (tertiary/aromatic N) is 4. The van der Waals surface area contributed by atoms with Gasteiger partial charge in [-0.15, -0.1) is 0 Å². The summed E-state index contributed by atoms with van der Waals surface area (Å²) in [6.45, 7) is 4.85. The van der Waals surface area contributed by atoms with Crippen molar-refractivity contribution in [1.29, 1.82) is 5.26 Å². The molecule has 1 aromatic heterocycles. The van der Waals surface area contributed by atoms with Crippen molar-refractivity contribution in [2.45, 2.75) is 45.8 Å². The van der Waals surface area contributed by atoms with Crippen molar-refractivity contribution < 1.29 is 14.3 Å². The highest BCUT2D eigenvalue weighted by Gasteiger charge is 2.30. The molecule has 1 aliphatic rings. The maximum atomic E-state index is 13.0. The summed E-state index contributed by atoms with van der Waals surface area (Å²) in [5.74, 6) is -0.171. The van der Waals surface area contributed by atoms with Gasteiger partial charge in [0.05, 0.1) is 27.5 Å². The van der Waals surface area contributed by atoms with Gasteiger partial charge in [0.25, 0.3) is 11.5 Å². The number of hydrogen-bond acceptors (Lipinski definition) is 6. The van der Waals surface area contributed by atoms with Crippen LogP contribution in [0.3, 0.4) is 0 Å². The van der Waals surface area contributed by atoms with Crippen LogP contribution in [0, 0.1) is 11.3 Å². The number of amides is 2. The fraction of sp³-hybridized carbons (Fsp3) is 0.346. The molecule has 0 bridgehead atoms. The molecule has 3 aromatic rings. The third-order valence-corrected chi connectivity index (χ3v) is 6.81. The van der Waals surface area contributed by atoms with E-state index in [0.29, 0.717) is 36.0 Å². The number of halogens is 1. The molecule has 1 atom stereocenters. The Morgan fingerprint density at radius 2 is 1.89 bits per heavy atom. The third kappa shape index (κ3) is 5.08. The molecule has 2 aromatic carbocycles. The van der Waals surface area contributed by atoms with Crippen LogP contribution in [-0.2, 0) is 13.1 Å². The largest absolute Gasteiger partial charge is 0.415 e. The maximum absolute atomic E-state index is 13.0. The molecule has 1 N–H and O–H groups in total. The lowest BCUT2D eigenvalue weighted by Gasteiger charge is -2.24. The van der Waals surface area contributed by atoms with Crippen LogP contribution >= 0.6 is 11.6 Å². The second kappa shape index (κ2) is 10.9. The summed E-state index contributed by atoms with van der Waals surface area (Å²) in [6.07, 6.45) is 0.850. The van der Waals surface area contributed by atoms with Crippen LogP contribution in [0.5, 0.6) is 5.75 Å². The smallest absolute Gasteiger partial charge is 0.410 e. The van der Waals surface area contributed by atoms with Crippen molar-refractivity contribution in [3.05, 3.63) is 73.4 Å². The van der Waals surface area contributed by atoms with E-state index >= 15 is 0 Å². The van der Waals surface area contributed by atoms with E-state index in [4.69, 9.17) is 21.6 Å². The normalized spacial score (nSPS) is 15.0. The Hall–Kier alpha value is -4.10. The minimum atomic E-state index is -0.586. The Bertz CT molecular complexity index is 1540. The van der Waals surface area contributed by atoms with Gasteiger partial charge >= 0.3 is 11.8 Å². The number of aryl methyl sites for hydroxylation is 1. The predicted molar refractivity (Wildman–Crippen MR) is 138 cm³/mol. The Kier molecular flexibility index (Phi) is 7.64. The van der Waals surface area contributed by atoms with Gasteiger partial charge in [-0.3, -0.25) is 18.7 Å². The second-order valence-corrected chi connectivity index (χ2v) is 9.04. The number of nitriles is 1. The number of hydrogen-bond donors (Lipinski definition) is 1. The fourth-order valence-corrected chi connectivity index (χ4v) is 4.78. The van der Waals surface area contributed by atoms with Crippen LogP contribution in [0.25, 0.3) is 10.9 Å². The van der Waals surface area contributed by atoms with Crippen molar-refractivity contribution in [3.63, 3.8) is 0 Å². The number of ether oxygens (including phenoxy) is 1. The SMILES string of the molecule is CCn1c(=O)c2cc(OC(=O)N3CCCC3CNC(=O)c3ccc(C#N)c(Cl)c3)ccc2n(CC)c1=O. The predicted octanol–water partition coefficient (Wildman–Crippen LogP) is 3.12. The maximum Gasteiger partial charge on any atom is 0.415 e. The van der Waals surface area contributed by atoms with Gasteiger partial charge in [-0.2, -0.15) is 5.26 Å². The molecular formula is C26H26ClN5O5. The Morgan fingerprint density at radius 1 is 1.14 bits per heavy atom. The first-order valence-electron chi connectivity index (χ1n) is 12.0. The number of carbonyl (C=O) groups excluding carboxylic acids is 2. The third-order valence-electron chi connectivity index (χ3n) is 6.50. The Balaban J connectivity index is 1.48. The van der Waals surface area contributed by atoms with Gasteiger partial charge in [0.1, 0.15) is 11.8 Å². The number of aromatic nitrogens is 2. The summed E-state index contributed by atoms with van der Waals surface area (Å²) in [5, 5.41) is 12.3. The zero-order valence-electron chi connectivity index (χ0n) is 20.5. The zero-order valence-corrected chi connectivity index (χ0v) is 21.2. The molecule has 0 spiro atoms. The van der Waals surface area contributed by atoms with Gasteiger partial charge in [-0.25, -0.2) is 9.59 Å². The molecule has 4 rings (SSSR count). The zero-order chi connectivity index (χ0) is 26.7. The summed E-state index contributed by atoms with van der Waals surface area (Å²) in [5.41, 5.74) is 0.262. The Morgan fingerprint density at radius 3 is 2.57 bits per heavy atom. The number of nitrogens with one attached hydrogen (secondary N) is 1. The standard InChI is InChI=1S/C26H26ClN5O5/c1-3-30-22-10-9-19(13-20(22)24(34)31(4-2)25(30)35)37-26(36)32-11-5-6-18(32)15-29-23(33)16-7-8-17(14-28)21(27)12-16/h7-10,12-13,18H,3-6,11,15H2,1-2H3,(H,29,33). The molecule has 1 aliphatic heterocycles. The summed E-state index contributed by atoms with van der Waals surface area (Å²) in [7, 11) is 0. The molecule has 0 aliphatic carbocycles. The van der Waals surface area contributed by atoms with Crippen LogP contribution in [0.1, 0.15) is 42.6 Å². The topological polar surface area (TPSA) is 126 Å². The monoisotopic (exact) mass is 523 g/mol. The van der Waals surface area contributed by atoms with Crippen LogP contribution < -0.4 is 21.3 Å². The number of rotatable bonds is 6.